The third-order valence-electron chi connectivity index (χ3n) is 4.36. The Morgan fingerprint density at radius 1 is 1.43 bits per heavy atom. The molecule has 1 aromatic rings. The molecule has 2 N–H and O–H groups in total. The fourth-order valence-electron chi connectivity index (χ4n) is 2.82. The highest BCUT2D eigenvalue weighted by atomic mass is 79.9. The molecule has 6 heteroatoms. The maximum absolute atomic E-state index is 13.6. The van der Waals surface area contributed by atoms with Gasteiger partial charge in [0.15, 0.2) is 5.96 Å². The molecule has 2 rings (SSSR count). The van der Waals surface area contributed by atoms with Crippen LogP contribution in [0.2, 0.25) is 0 Å². The Morgan fingerprint density at radius 2 is 2.17 bits per heavy atom. The van der Waals surface area contributed by atoms with Crippen molar-refractivity contribution in [3.05, 3.63) is 34.1 Å². The molecule has 1 fully saturated rings. The minimum absolute atomic E-state index is 0.246. The second kappa shape index (κ2) is 8.11. The lowest BCUT2D eigenvalue weighted by molar-refractivity contribution is 0.265. The molecule has 2 atom stereocenters. The summed E-state index contributed by atoms with van der Waals surface area (Å²) in [5.74, 6) is 1.08. The topological polar surface area (TPSA) is 39.7 Å². The van der Waals surface area contributed by atoms with E-state index in [1.165, 1.54) is 6.07 Å². The van der Waals surface area contributed by atoms with Gasteiger partial charge in [0.05, 0.1) is 4.47 Å². The van der Waals surface area contributed by atoms with Gasteiger partial charge in [0, 0.05) is 38.8 Å². The van der Waals surface area contributed by atoms with Crippen LogP contribution in [0.5, 0.6) is 0 Å². The van der Waals surface area contributed by atoms with E-state index in [9.17, 15) is 4.39 Å². The summed E-state index contributed by atoms with van der Waals surface area (Å²) in [5, 5.41) is 6.75. The van der Waals surface area contributed by atoms with Crippen molar-refractivity contribution in [1.82, 2.24) is 15.5 Å². The van der Waals surface area contributed by atoms with Crippen molar-refractivity contribution in [1.29, 1.82) is 0 Å². The molecule has 0 saturated carbocycles. The molecule has 1 aliphatic rings. The van der Waals surface area contributed by atoms with Gasteiger partial charge in [-0.1, -0.05) is 13.0 Å². The normalized spacial score (nSPS) is 22.7. The quantitative estimate of drug-likeness (QED) is 0.619. The maximum atomic E-state index is 13.6. The number of aliphatic imine (C=N–C) groups is 1. The second-order valence-corrected chi connectivity index (χ2v) is 7.30. The molecule has 0 aliphatic carbocycles. The van der Waals surface area contributed by atoms with E-state index in [0.717, 1.165) is 24.6 Å². The molecule has 1 aromatic carbocycles. The summed E-state index contributed by atoms with van der Waals surface area (Å²) in [6, 6.07) is 6.09. The van der Waals surface area contributed by atoms with Gasteiger partial charge in [-0.2, -0.15) is 0 Å². The zero-order valence-electron chi connectivity index (χ0n) is 14.2. The Bertz CT molecular complexity index is 562. The standard InChI is InChI=1S/C17H26BrFN4/c1-11(2)23-9-12(3)16(10-23)22-17(20-4)21-8-13-5-6-14(18)15(19)7-13/h5-7,11-12,16H,8-10H2,1-4H3,(H2,20,21,22). The average Bonchev–Trinajstić information content (AvgIpc) is 2.88. The predicted octanol–water partition coefficient (Wildman–Crippen LogP) is 2.98. The predicted molar refractivity (Wildman–Crippen MR) is 97.1 cm³/mol. The number of rotatable bonds is 4. The van der Waals surface area contributed by atoms with Gasteiger partial charge in [0.1, 0.15) is 5.82 Å². The molecule has 1 saturated heterocycles. The monoisotopic (exact) mass is 384 g/mol. The van der Waals surface area contributed by atoms with E-state index in [4.69, 9.17) is 0 Å². The van der Waals surface area contributed by atoms with Crippen LogP contribution in [0.1, 0.15) is 26.3 Å². The first kappa shape index (κ1) is 18.2. The number of guanidine groups is 1. The van der Waals surface area contributed by atoms with E-state index in [0.29, 0.717) is 29.0 Å². The highest BCUT2D eigenvalue weighted by Crippen LogP contribution is 2.19. The summed E-state index contributed by atoms with van der Waals surface area (Å²) in [6.07, 6.45) is 0. The molecule has 1 aliphatic heterocycles. The Hall–Kier alpha value is -1.14. The number of hydrogen-bond donors (Lipinski definition) is 2. The summed E-state index contributed by atoms with van der Waals surface area (Å²) < 4.78 is 14.0. The Morgan fingerprint density at radius 3 is 2.74 bits per heavy atom. The van der Waals surface area contributed by atoms with E-state index in [-0.39, 0.29) is 5.82 Å². The van der Waals surface area contributed by atoms with Gasteiger partial charge in [0.25, 0.3) is 0 Å². The number of halogens is 2. The lowest BCUT2D eigenvalue weighted by atomic mass is 10.1. The minimum Gasteiger partial charge on any atom is -0.352 e. The number of hydrogen-bond acceptors (Lipinski definition) is 2. The van der Waals surface area contributed by atoms with Crippen molar-refractivity contribution < 1.29 is 4.39 Å². The molecular formula is C17H26BrFN4. The van der Waals surface area contributed by atoms with Crippen molar-refractivity contribution in [3.63, 3.8) is 0 Å². The van der Waals surface area contributed by atoms with Crippen LogP contribution in [0.3, 0.4) is 0 Å². The fraction of sp³-hybridized carbons (Fsp3) is 0.588. The van der Waals surface area contributed by atoms with Gasteiger partial charge in [-0.05, 0) is 53.4 Å². The minimum atomic E-state index is -0.246. The van der Waals surface area contributed by atoms with Gasteiger partial charge in [-0.15, -0.1) is 0 Å². The molecule has 2 unspecified atom stereocenters. The van der Waals surface area contributed by atoms with Crippen LogP contribution in [-0.2, 0) is 6.54 Å². The first-order chi connectivity index (χ1) is 10.9. The van der Waals surface area contributed by atoms with Crippen LogP contribution < -0.4 is 10.6 Å². The van der Waals surface area contributed by atoms with Gasteiger partial charge in [0.2, 0.25) is 0 Å². The number of likely N-dealkylation sites (tertiary alicyclic amines) is 1. The summed E-state index contributed by atoms with van der Waals surface area (Å²) in [4.78, 5) is 6.76. The Balaban J connectivity index is 1.89. The van der Waals surface area contributed by atoms with Crippen molar-refractivity contribution >= 4 is 21.9 Å². The summed E-state index contributed by atoms with van der Waals surface area (Å²) >= 11 is 3.17. The van der Waals surface area contributed by atoms with Crippen LogP contribution in [-0.4, -0.2) is 43.1 Å². The lowest BCUT2D eigenvalue weighted by Gasteiger charge is -2.22. The third kappa shape index (κ3) is 4.91. The van der Waals surface area contributed by atoms with Gasteiger partial charge < -0.3 is 10.6 Å². The van der Waals surface area contributed by atoms with Crippen LogP contribution in [0.25, 0.3) is 0 Å². The van der Waals surface area contributed by atoms with Crippen molar-refractivity contribution in [3.8, 4) is 0 Å². The Kier molecular flexibility index (Phi) is 6.41. The third-order valence-corrected chi connectivity index (χ3v) is 5.00. The lowest BCUT2D eigenvalue weighted by Crippen LogP contribution is -2.46. The molecule has 0 amide bonds. The number of benzene rings is 1. The molecule has 23 heavy (non-hydrogen) atoms. The summed E-state index contributed by atoms with van der Waals surface area (Å²) in [5.41, 5.74) is 0.886. The highest BCUT2D eigenvalue weighted by Gasteiger charge is 2.31. The van der Waals surface area contributed by atoms with Crippen LogP contribution in [0.15, 0.2) is 27.7 Å². The van der Waals surface area contributed by atoms with E-state index in [1.54, 1.807) is 13.1 Å². The number of nitrogens with one attached hydrogen (secondary N) is 2. The van der Waals surface area contributed by atoms with Gasteiger partial charge >= 0.3 is 0 Å². The first-order valence-corrected chi connectivity index (χ1v) is 8.85. The number of nitrogens with zero attached hydrogens (tertiary/aromatic N) is 2. The fourth-order valence-corrected chi connectivity index (χ4v) is 3.07. The first-order valence-electron chi connectivity index (χ1n) is 8.06. The van der Waals surface area contributed by atoms with Crippen molar-refractivity contribution in [2.45, 2.75) is 39.4 Å². The maximum Gasteiger partial charge on any atom is 0.191 e. The zero-order chi connectivity index (χ0) is 17.0. The molecule has 0 spiro atoms. The molecule has 4 nitrogen and oxygen atoms in total. The molecule has 0 aromatic heterocycles. The zero-order valence-corrected chi connectivity index (χ0v) is 15.8. The second-order valence-electron chi connectivity index (χ2n) is 6.45. The van der Waals surface area contributed by atoms with Gasteiger partial charge in [-0.3, -0.25) is 9.89 Å². The molecule has 128 valence electrons. The Labute approximate surface area is 146 Å². The summed E-state index contributed by atoms with van der Waals surface area (Å²) in [6.45, 7) is 9.38. The smallest absolute Gasteiger partial charge is 0.191 e. The summed E-state index contributed by atoms with van der Waals surface area (Å²) in [7, 11) is 1.76. The largest absolute Gasteiger partial charge is 0.352 e. The van der Waals surface area contributed by atoms with Crippen molar-refractivity contribution in [2.24, 2.45) is 10.9 Å². The average molecular weight is 385 g/mol. The molecule has 0 radical (unpaired) electrons. The van der Waals surface area contributed by atoms with E-state index in [2.05, 4.69) is 57.2 Å². The van der Waals surface area contributed by atoms with Gasteiger partial charge in [-0.25, -0.2) is 4.39 Å². The van der Waals surface area contributed by atoms with E-state index < -0.39 is 0 Å². The SMILES string of the molecule is CN=C(NCc1ccc(Br)c(F)c1)NC1CN(C(C)C)CC1C. The molecule has 0 bridgehead atoms. The van der Waals surface area contributed by atoms with E-state index in [1.807, 2.05) is 6.07 Å². The van der Waals surface area contributed by atoms with Crippen molar-refractivity contribution in [2.75, 3.05) is 20.1 Å². The highest BCUT2D eigenvalue weighted by molar-refractivity contribution is 9.10. The van der Waals surface area contributed by atoms with Crippen LogP contribution in [0, 0.1) is 11.7 Å². The molecular weight excluding hydrogens is 359 g/mol. The molecule has 1 heterocycles. The van der Waals surface area contributed by atoms with E-state index >= 15 is 0 Å². The van der Waals surface area contributed by atoms with Crippen LogP contribution >= 0.6 is 15.9 Å². The van der Waals surface area contributed by atoms with Crippen LogP contribution in [0.4, 0.5) is 4.39 Å².